The van der Waals surface area contributed by atoms with Gasteiger partial charge in [0.1, 0.15) is 12.6 Å². The normalized spacial score (nSPS) is 26.8. The van der Waals surface area contributed by atoms with Gasteiger partial charge < -0.3 is 10.2 Å². The number of rotatable bonds is 11. The molecule has 2 aromatic carbocycles. The van der Waals surface area contributed by atoms with Gasteiger partial charge in [-0.3, -0.25) is 13.9 Å². The molecule has 44 heavy (non-hydrogen) atoms. The molecule has 5 fully saturated rings. The minimum Gasteiger partial charge on any atom is -0.352 e. The van der Waals surface area contributed by atoms with E-state index >= 15 is 0 Å². The second-order valence-electron chi connectivity index (χ2n) is 14.4. The first-order valence-corrected chi connectivity index (χ1v) is 18.6. The SMILES string of the molecule is CCC(C(=O)NC1CCCC1)N(Cc1ccc(C)cc1)C(=O)CN(c1ccc(C23CC4CC(CC(C4)C2)C3)cc1)S(C)(=O)=O. The van der Waals surface area contributed by atoms with Gasteiger partial charge in [0.25, 0.3) is 0 Å². The van der Waals surface area contributed by atoms with E-state index in [1.54, 1.807) is 4.90 Å². The second-order valence-corrected chi connectivity index (χ2v) is 16.3. The van der Waals surface area contributed by atoms with E-state index in [9.17, 15) is 18.0 Å². The van der Waals surface area contributed by atoms with Crippen molar-refractivity contribution in [1.82, 2.24) is 10.2 Å². The Bertz CT molecular complexity index is 1410. The third kappa shape index (κ3) is 6.56. The molecule has 0 radical (unpaired) electrons. The Labute approximate surface area is 263 Å². The summed E-state index contributed by atoms with van der Waals surface area (Å²) in [7, 11) is -3.77. The lowest BCUT2D eigenvalue weighted by molar-refractivity contribution is -0.140. The van der Waals surface area contributed by atoms with Gasteiger partial charge in [0.15, 0.2) is 0 Å². The first-order chi connectivity index (χ1) is 21.0. The van der Waals surface area contributed by atoms with Crippen LogP contribution in [-0.2, 0) is 31.6 Å². The number of hydrogen-bond acceptors (Lipinski definition) is 4. The van der Waals surface area contributed by atoms with E-state index < -0.39 is 16.1 Å². The van der Waals surface area contributed by atoms with Crippen LogP contribution in [0.2, 0.25) is 0 Å². The first-order valence-electron chi connectivity index (χ1n) is 16.8. The molecule has 1 N–H and O–H groups in total. The molecular weight excluding hydrogens is 570 g/mol. The standard InChI is InChI=1S/C36H49N3O4S/c1-4-33(35(41)37-31-7-5-6-8-31)38(23-26-11-9-25(2)10-12-26)34(40)24-39(44(3,42)43)32-15-13-30(14-16-32)36-20-27-17-28(21-36)19-29(18-27)22-36/h9-16,27-29,31,33H,4-8,17-24H2,1-3H3,(H,37,41). The largest absolute Gasteiger partial charge is 0.352 e. The summed E-state index contributed by atoms with van der Waals surface area (Å²) in [5, 5.41) is 3.17. The summed E-state index contributed by atoms with van der Waals surface area (Å²) in [6.07, 6.45) is 13.5. The first kappa shape index (κ1) is 31.1. The number of hydrogen-bond donors (Lipinski definition) is 1. The highest BCUT2D eigenvalue weighted by Gasteiger charge is 2.51. The number of anilines is 1. The average molecular weight is 620 g/mol. The molecule has 2 amide bonds. The molecule has 2 aromatic rings. The second kappa shape index (κ2) is 12.5. The fourth-order valence-corrected chi connectivity index (χ4v) is 10.1. The van der Waals surface area contributed by atoms with Gasteiger partial charge in [0, 0.05) is 12.6 Å². The van der Waals surface area contributed by atoms with Crippen LogP contribution in [0.5, 0.6) is 0 Å². The summed E-state index contributed by atoms with van der Waals surface area (Å²) >= 11 is 0. The number of amides is 2. The molecule has 4 bridgehead atoms. The van der Waals surface area contributed by atoms with Crippen LogP contribution in [0.15, 0.2) is 48.5 Å². The van der Waals surface area contributed by atoms with Crippen molar-refractivity contribution < 1.29 is 18.0 Å². The Morgan fingerprint density at radius 1 is 0.909 bits per heavy atom. The van der Waals surface area contributed by atoms with Crippen LogP contribution in [-0.4, -0.2) is 50.0 Å². The van der Waals surface area contributed by atoms with E-state index in [2.05, 4.69) is 17.4 Å². The molecule has 0 aliphatic heterocycles. The highest BCUT2D eigenvalue weighted by molar-refractivity contribution is 7.92. The molecule has 238 valence electrons. The molecule has 5 aliphatic rings. The quantitative estimate of drug-likeness (QED) is 0.330. The summed E-state index contributed by atoms with van der Waals surface area (Å²) < 4.78 is 27.6. The van der Waals surface area contributed by atoms with Crippen molar-refractivity contribution in [3.05, 3.63) is 65.2 Å². The minimum absolute atomic E-state index is 0.132. The van der Waals surface area contributed by atoms with Gasteiger partial charge >= 0.3 is 0 Å². The lowest BCUT2D eigenvalue weighted by atomic mass is 9.48. The van der Waals surface area contributed by atoms with Gasteiger partial charge in [-0.05, 0) is 111 Å². The molecule has 0 spiro atoms. The maximum atomic E-state index is 14.1. The van der Waals surface area contributed by atoms with Crippen LogP contribution in [0.1, 0.15) is 94.2 Å². The van der Waals surface area contributed by atoms with Crippen LogP contribution in [0.4, 0.5) is 5.69 Å². The van der Waals surface area contributed by atoms with Gasteiger partial charge in [-0.1, -0.05) is 61.7 Å². The molecule has 8 heteroatoms. The van der Waals surface area contributed by atoms with Crippen LogP contribution in [0.3, 0.4) is 0 Å². The van der Waals surface area contributed by atoms with Gasteiger partial charge in [-0.2, -0.15) is 0 Å². The highest BCUT2D eigenvalue weighted by Crippen LogP contribution is 2.60. The van der Waals surface area contributed by atoms with E-state index in [-0.39, 0.29) is 36.4 Å². The lowest BCUT2D eigenvalue weighted by Crippen LogP contribution is -2.53. The molecular formula is C36H49N3O4S. The predicted octanol–water partition coefficient (Wildman–Crippen LogP) is 6.10. The maximum Gasteiger partial charge on any atom is 0.244 e. The van der Waals surface area contributed by atoms with E-state index in [0.717, 1.165) is 60.8 Å². The number of benzene rings is 2. The van der Waals surface area contributed by atoms with Crippen molar-refractivity contribution in [2.75, 3.05) is 17.1 Å². The maximum absolute atomic E-state index is 14.1. The summed E-state index contributed by atoms with van der Waals surface area (Å²) in [6.45, 7) is 3.80. The molecule has 1 unspecified atom stereocenters. The van der Waals surface area contributed by atoms with Gasteiger partial charge in [0.2, 0.25) is 21.8 Å². The van der Waals surface area contributed by atoms with Crippen LogP contribution in [0.25, 0.3) is 0 Å². The average Bonchev–Trinajstić information content (AvgIpc) is 3.48. The van der Waals surface area contributed by atoms with E-state index in [0.29, 0.717) is 12.1 Å². The Kier molecular flexibility index (Phi) is 8.84. The van der Waals surface area contributed by atoms with Crippen LogP contribution < -0.4 is 9.62 Å². The third-order valence-corrected chi connectivity index (χ3v) is 12.2. The number of sulfonamides is 1. The van der Waals surface area contributed by atoms with Gasteiger partial charge in [-0.25, -0.2) is 8.42 Å². The third-order valence-electron chi connectivity index (χ3n) is 11.0. The zero-order valence-corrected chi connectivity index (χ0v) is 27.5. The molecule has 0 saturated heterocycles. The Balaban J connectivity index is 1.24. The van der Waals surface area contributed by atoms with Crippen molar-refractivity contribution in [2.24, 2.45) is 17.8 Å². The molecule has 1 atom stereocenters. The number of carbonyl (C=O) groups is 2. The number of nitrogens with zero attached hydrogens (tertiary/aromatic N) is 2. The predicted molar refractivity (Wildman–Crippen MR) is 175 cm³/mol. The summed E-state index contributed by atoms with van der Waals surface area (Å²) in [6, 6.07) is 15.4. The van der Waals surface area contributed by atoms with Crippen molar-refractivity contribution >= 4 is 27.5 Å². The van der Waals surface area contributed by atoms with Gasteiger partial charge in [0.05, 0.1) is 11.9 Å². The molecule has 5 saturated carbocycles. The van der Waals surface area contributed by atoms with Gasteiger partial charge in [-0.15, -0.1) is 0 Å². The molecule has 7 rings (SSSR count). The van der Waals surface area contributed by atoms with Crippen molar-refractivity contribution in [3.8, 4) is 0 Å². The minimum atomic E-state index is -3.77. The topological polar surface area (TPSA) is 86.8 Å². The Morgan fingerprint density at radius 2 is 1.48 bits per heavy atom. The summed E-state index contributed by atoms with van der Waals surface area (Å²) in [4.78, 5) is 29.2. The molecule has 0 heterocycles. The Hall–Kier alpha value is -2.87. The summed E-state index contributed by atoms with van der Waals surface area (Å²) in [5.74, 6) is 1.93. The van der Waals surface area contributed by atoms with Crippen molar-refractivity contribution in [1.29, 1.82) is 0 Å². The number of aryl methyl sites for hydroxylation is 1. The number of carbonyl (C=O) groups excluding carboxylic acids is 2. The zero-order valence-electron chi connectivity index (χ0n) is 26.6. The van der Waals surface area contributed by atoms with Crippen LogP contribution in [0, 0.1) is 24.7 Å². The summed E-state index contributed by atoms with van der Waals surface area (Å²) in [5.41, 5.74) is 4.04. The smallest absolute Gasteiger partial charge is 0.244 e. The molecule has 5 aliphatic carbocycles. The van der Waals surface area contributed by atoms with Crippen molar-refractivity contribution in [3.63, 3.8) is 0 Å². The molecule has 0 aromatic heterocycles. The number of nitrogens with one attached hydrogen (secondary N) is 1. The van der Waals surface area contributed by atoms with E-state index in [1.165, 1.54) is 48.4 Å². The van der Waals surface area contributed by atoms with Crippen molar-refractivity contribution in [2.45, 2.75) is 109 Å². The highest BCUT2D eigenvalue weighted by atomic mass is 32.2. The van der Waals surface area contributed by atoms with E-state index in [1.807, 2.05) is 50.2 Å². The zero-order chi connectivity index (χ0) is 31.1. The monoisotopic (exact) mass is 619 g/mol. The fourth-order valence-electron chi connectivity index (χ4n) is 9.24. The Morgan fingerprint density at radius 3 is 2.00 bits per heavy atom. The molecule has 7 nitrogen and oxygen atoms in total. The lowest BCUT2D eigenvalue weighted by Gasteiger charge is -2.57. The van der Waals surface area contributed by atoms with E-state index in [4.69, 9.17) is 0 Å². The fraction of sp³-hybridized carbons (Fsp3) is 0.611. The van der Waals surface area contributed by atoms with Crippen LogP contribution >= 0.6 is 0 Å².